The topological polar surface area (TPSA) is 68.1 Å². The van der Waals surface area contributed by atoms with Crippen molar-refractivity contribution < 1.29 is 14.0 Å². The van der Waals surface area contributed by atoms with Crippen LogP contribution in [-0.2, 0) is 11.3 Å². The molecule has 0 atom stereocenters. The van der Waals surface area contributed by atoms with Crippen LogP contribution in [0.4, 0.5) is 10.1 Å². The highest BCUT2D eigenvalue weighted by atomic mass is 19.1. The Hall–Kier alpha value is -2.57. The molecule has 1 aromatic heterocycles. The predicted molar refractivity (Wildman–Crippen MR) is 69.8 cm³/mol. The third-order valence-corrected chi connectivity index (χ3v) is 2.73. The van der Waals surface area contributed by atoms with Crippen molar-refractivity contribution in [1.82, 2.24) is 15.0 Å². The van der Waals surface area contributed by atoms with E-state index in [0.29, 0.717) is 18.5 Å². The highest BCUT2D eigenvalue weighted by molar-refractivity contribution is 5.93. The Bertz CT molecular complexity index is 609. The maximum atomic E-state index is 12.9. The summed E-state index contributed by atoms with van der Waals surface area (Å²) in [4.78, 5) is 24.2. The van der Waals surface area contributed by atoms with Gasteiger partial charge in [0.05, 0.1) is 6.20 Å². The SMILES string of the molecule is CCN(C(=O)Cn1cc(C=O)nn1)c1ccc(F)cc1. The molecule has 0 saturated heterocycles. The monoisotopic (exact) mass is 276 g/mol. The standard InChI is InChI=1S/C13H13FN4O2/c1-2-18(12-5-3-10(14)4-6-12)13(20)8-17-7-11(9-19)15-16-17/h3-7,9H,2,8H2,1H3. The van der Waals surface area contributed by atoms with Crippen LogP contribution in [0.1, 0.15) is 17.4 Å². The average Bonchev–Trinajstić information content (AvgIpc) is 2.89. The normalized spacial score (nSPS) is 10.3. The minimum absolute atomic E-state index is 0.0357. The molecular formula is C13H13FN4O2. The van der Waals surface area contributed by atoms with E-state index in [9.17, 15) is 14.0 Å². The Morgan fingerprint density at radius 2 is 2.10 bits per heavy atom. The number of benzene rings is 1. The number of likely N-dealkylation sites (N-methyl/N-ethyl adjacent to an activating group) is 1. The number of nitrogens with zero attached hydrogens (tertiary/aromatic N) is 4. The lowest BCUT2D eigenvalue weighted by atomic mass is 10.2. The third-order valence-electron chi connectivity index (χ3n) is 2.73. The molecule has 0 N–H and O–H groups in total. The van der Waals surface area contributed by atoms with E-state index in [1.165, 1.54) is 40.0 Å². The van der Waals surface area contributed by atoms with Crippen LogP contribution in [0.3, 0.4) is 0 Å². The van der Waals surface area contributed by atoms with E-state index in [1.807, 2.05) is 6.92 Å². The van der Waals surface area contributed by atoms with Gasteiger partial charge in [-0.15, -0.1) is 5.10 Å². The summed E-state index contributed by atoms with van der Waals surface area (Å²) in [6.07, 6.45) is 1.95. The van der Waals surface area contributed by atoms with Gasteiger partial charge in [0.15, 0.2) is 6.29 Å². The van der Waals surface area contributed by atoms with Gasteiger partial charge in [-0.05, 0) is 31.2 Å². The molecule has 0 bridgehead atoms. The van der Waals surface area contributed by atoms with E-state index >= 15 is 0 Å². The van der Waals surface area contributed by atoms with Crippen molar-refractivity contribution >= 4 is 17.9 Å². The van der Waals surface area contributed by atoms with Crippen LogP contribution >= 0.6 is 0 Å². The van der Waals surface area contributed by atoms with Crippen LogP contribution in [0.5, 0.6) is 0 Å². The first-order valence-electron chi connectivity index (χ1n) is 6.05. The molecule has 1 aromatic carbocycles. The quantitative estimate of drug-likeness (QED) is 0.771. The van der Waals surface area contributed by atoms with Gasteiger partial charge >= 0.3 is 0 Å². The molecule has 0 spiro atoms. The van der Waals surface area contributed by atoms with Crippen LogP contribution in [-0.4, -0.2) is 33.7 Å². The van der Waals surface area contributed by atoms with Crippen molar-refractivity contribution in [3.05, 3.63) is 42.0 Å². The van der Waals surface area contributed by atoms with Gasteiger partial charge < -0.3 is 4.90 Å². The lowest BCUT2D eigenvalue weighted by Crippen LogP contribution is -2.33. The van der Waals surface area contributed by atoms with Crippen molar-refractivity contribution in [3.8, 4) is 0 Å². The fraction of sp³-hybridized carbons (Fsp3) is 0.231. The molecule has 0 aliphatic heterocycles. The number of rotatable bonds is 5. The predicted octanol–water partition coefficient (Wildman–Crippen LogP) is 1.28. The largest absolute Gasteiger partial charge is 0.311 e. The number of aldehydes is 1. The van der Waals surface area contributed by atoms with Gasteiger partial charge in [0, 0.05) is 12.2 Å². The second-order valence-electron chi connectivity index (χ2n) is 4.07. The molecule has 0 unspecified atom stereocenters. The van der Waals surface area contributed by atoms with Crippen molar-refractivity contribution in [3.63, 3.8) is 0 Å². The first-order chi connectivity index (χ1) is 9.63. The van der Waals surface area contributed by atoms with Crippen LogP contribution in [0.2, 0.25) is 0 Å². The number of amides is 1. The molecule has 0 saturated carbocycles. The molecule has 1 amide bonds. The van der Waals surface area contributed by atoms with Gasteiger partial charge in [0.1, 0.15) is 18.1 Å². The number of hydrogen-bond donors (Lipinski definition) is 0. The first-order valence-corrected chi connectivity index (χ1v) is 6.05. The molecule has 104 valence electrons. The van der Waals surface area contributed by atoms with E-state index < -0.39 is 0 Å². The fourth-order valence-electron chi connectivity index (χ4n) is 1.79. The average molecular weight is 276 g/mol. The minimum atomic E-state index is -0.357. The molecule has 20 heavy (non-hydrogen) atoms. The Balaban J connectivity index is 2.12. The van der Waals surface area contributed by atoms with Crippen molar-refractivity contribution in [2.45, 2.75) is 13.5 Å². The zero-order valence-corrected chi connectivity index (χ0v) is 10.9. The fourth-order valence-corrected chi connectivity index (χ4v) is 1.79. The number of anilines is 1. The van der Waals surface area contributed by atoms with E-state index in [1.54, 1.807) is 0 Å². The molecule has 0 aliphatic rings. The number of carbonyl (C=O) groups excluding carboxylic acids is 2. The maximum Gasteiger partial charge on any atom is 0.248 e. The highest BCUT2D eigenvalue weighted by Gasteiger charge is 2.15. The van der Waals surface area contributed by atoms with Crippen LogP contribution < -0.4 is 4.90 Å². The molecule has 6 nitrogen and oxygen atoms in total. The number of carbonyl (C=O) groups is 2. The summed E-state index contributed by atoms with van der Waals surface area (Å²) in [6.45, 7) is 2.23. The first kappa shape index (κ1) is 13.9. The lowest BCUT2D eigenvalue weighted by Gasteiger charge is -2.20. The summed E-state index contributed by atoms with van der Waals surface area (Å²) in [6, 6.07) is 5.67. The second kappa shape index (κ2) is 6.05. The van der Waals surface area contributed by atoms with Crippen LogP contribution in [0.15, 0.2) is 30.5 Å². The van der Waals surface area contributed by atoms with Gasteiger partial charge in [-0.25, -0.2) is 9.07 Å². The zero-order valence-electron chi connectivity index (χ0n) is 10.9. The van der Waals surface area contributed by atoms with Gasteiger partial charge in [-0.2, -0.15) is 0 Å². The molecule has 1 heterocycles. The molecule has 7 heteroatoms. The van der Waals surface area contributed by atoms with Crippen molar-refractivity contribution in [2.24, 2.45) is 0 Å². The Kier molecular flexibility index (Phi) is 4.19. The second-order valence-corrected chi connectivity index (χ2v) is 4.07. The van der Waals surface area contributed by atoms with Crippen LogP contribution in [0.25, 0.3) is 0 Å². The van der Waals surface area contributed by atoms with Crippen LogP contribution in [0, 0.1) is 5.82 Å². The summed E-state index contributed by atoms with van der Waals surface area (Å²) in [7, 11) is 0. The number of aromatic nitrogens is 3. The maximum absolute atomic E-state index is 12.9. The van der Waals surface area contributed by atoms with Gasteiger partial charge in [0.2, 0.25) is 5.91 Å². The number of halogens is 1. The van der Waals surface area contributed by atoms with E-state index in [-0.39, 0.29) is 24.0 Å². The molecule has 2 aromatic rings. The van der Waals surface area contributed by atoms with Crippen molar-refractivity contribution in [1.29, 1.82) is 0 Å². The third kappa shape index (κ3) is 3.05. The summed E-state index contributed by atoms with van der Waals surface area (Å²) in [5.41, 5.74) is 0.775. The lowest BCUT2D eigenvalue weighted by molar-refractivity contribution is -0.119. The van der Waals surface area contributed by atoms with Gasteiger partial charge in [-0.3, -0.25) is 9.59 Å². The molecule has 0 radical (unpaired) electrons. The molecule has 0 fully saturated rings. The minimum Gasteiger partial charge on any atom is -0.311 e. The van der Waals surface area contributed by atoms with Gasteiger partial charge in [0.25, 0.3) is 0 Å². The Morgan fingerprint density at radius 1 is 1.40 bits per heavy atom. The van der Waals surface area contributed by atoms with Gasteiger partial charge in [-0.1, -0.05) is 5.21 Å². The smallest absolute Gasteiger partial charge is 0.248 e. The summed E-state index contributed by atoms with van der Waals surface area (Å²) < 4.78 is 14.2. The molecule has 0 aliphatic carbocycles. The zero-order chi connectivity index (χ0) is 14.5. The summed E-state index contributed by atoms with van der Waals surface area (Å²) in [5.74, 6) is -0.578. The van der Waals surface area contributed by atoms with E-state index in [0.717, 1.165) is 0 Å². The van der Waals surface area contributed by atoms with E-state index in [2.05, 4.69) is 10.3 Å². The summed E-state index contributed by atoms with van der Waals surface area (Å²) in [5, 5.41) is 7.26. The number of hydrogen-bond acceptors (Lipinski definition) is 4. The Morgan fingerprint density at radius 3 is 2.65 bits per heavy atom. The molecule has 2 rings (SSSR count). The highest BCUT2D eigenvalue weighted by Crippen LogP contribution is 2.15. The Labute approximate surface area is 114 Å². The van der Waals surface area contributed by atoms with E-state index in [4.69, 9.17) is 0 Å². The van der Waals surface area contributed by atoms with Crippen molar-refractivity contribution in [2.75, 3.05) is 11.4 Å². The molecular weight excluding hydrogens is 263 g/mol. The summed E-state index contributed by atoms with van der Waals surface area (Å²) >= 11 is 0.